The van der Waals surface area contributed by atoms with Crippen molar-refractivity contribution in [1.82, 2.24) is 4.90 Å². The van der Waals surface area contributed by atoms with Gasteiger partial charge in [-0.2, -0.15) is 0 Å². The molecule has 1 nitrogen and oxygen atoms in total. The van der Waals surface area contributed by atoms with Gasteiger partial charge in [-0.05, 0) is 25.4 Å². The fraction of sp³-hybridized carbons (Fsp3) is 0.455. The molecule has 1 rings (SSSR count). The minimum atomic E-state index is 0.480. The monoisotopic (exact) mass is 193 g/mol. The van der Waals surface area contributed by atoms with E-state index in [0.29, 0.717) is 6.04 Å². The fourth-order valence-corrected chi connectivity index (χ4v) is 2.03. The van der Waals surface area contributed by atoms with E-state index in [1.165, 1.54) is 4.88 Å². The molecule has 0 aliphatic heterocycles. The van der Waals surface area contributed by atoms with Gasteiger partial charge in [0.2, 0.25) is 0 Å². The van der Waals surface area contributed by atoms with E-state index < -0.39 is 0 Å². The summed E-state index contributed by atoms with van der Waals surface area (Å²) in [6.07, 6.45) is 6.05. The van der Waals surface area contributed by atoms with Crippen LogP contribution in [-0.2, 0) is 0 Å². The Kier molecular flexibility index (Phi) is 4.01. The van der Waals surface area contributed by atoms with E-state index >= 15 is 0 Å². The highest BCUT2D eigenvalue weighted by atomic mass is 32.1. The third-order valence-corrected chi connectivity index (χ3v) is 3.27. The lowest BCUT2D eigenvalue weighted by Crippen LogP contribution is -2.22. The van der Waals surface area contributed by atoms with E-state index in [1.807, 2.05) is 0 Å². The topological polar surface area (TPSA) is 3.24 Å². The molecule has 70 valence electrons. The van der Waals surface area contributed by atoms with Crippen LogP contribution >= 0.6 is 11.3 Å². The van der Waals surface area contributed by atoms with Crippen molar-refractivity contribution in [2.45, 2.75) is 19.4 Å². The molecule has 0 fully saturated rings. The maximum Gasteiger partial charge on any atom is 0.0410 e. The molecule has 13 heavy (non-hydrogen) atoms. The Hall–Kier alpha value is -0.780. The molecule has 1 unspecified atom stereocenters. The summed E-state index contributed by atoms with van der Waals surface area (Å²) in [5, 5.41) is 2.11. The van der Waals surface area contributed by atoms with Crippen molar-refractivity contribution in [3.8, 4) is 12.3 Å². The molecule has 0 N–H and O–H groups in total. The molecular weight excluding hydrogens is 178 g/mol. The summed E-state index contributed by atoms with van der Waals surface area (Å²) in [4.78, 5) is 3.69. The predicted octanol–water partition coefficient (Wildman–Crippen LogP) is 2.76. The first-order valence-electron chi connectivity index (χ1n) is 4.43. The number of thiophene rings is 1. The molecule has 1 atom stereocenters. The highest BCUT2D eigenvalue weighted by Crippen LogP contribution is 2.22. The first-order valence-corrected chi connectivity index (χ1v) is 5.30. The van der Waals surface area contributed by atoms with E-state index in [0.717, 1.165) is 13.0 Å². The van der Waals surface area contributed by atoms with Gasteiger partial charge in [-0.1, -0.05) is 6.07 Å². The Morgan fingerprint density at radius 3 is 3.00 bits per heavy atom. The van der Waals surface area contributed by atoms with Gasteiger partial charge in [-0.25, -0.2) is 0 Å². The lowest BCUT2D eigenvalue weighted by Gasteiger charge is -2.22. The van der Waals surface area contributed by atoms with E-state index in [1.54, 1.807) is 11.3 Å². The fourth-order valence-electron chi connectivity index (χ4n) is 1.18. The van der Waals surface area contributed by atoms with E-state index in [-0.39, 0.29) is 0 Å². The van der Waals surface area contributed by atoms with Crippen LogP contribution in [0.15, 0.2) is 17.5 Å². The van der Waals surface area contributed by atoms with Gasteiger partial charge in [0, 0.05) is 23.9 Å². The van der Waals surface area contributed by atoms with Crippen LogP contribution in [0.25, 0.3) is 0 Å². The van der Waals surface area contributed by atoms with Crippen LogP contribution in [0.4, 0.5) is 0 Å². The van der Waals surface area contributed by atoms with Crippen molar-refractivity contribution in [1.29, 1.82) is 0 Å². The van der Waals surface area contributed by atoms with Crippen molar-refractivity contribution in [3.63, 3.8) is 0 Å². The van der Waals surface area contributed by atoms with Crippen molar-refractivity contribution < 1.29 is 0 Å². The second-order valence-corrected chi connectivity index (χ2v) is 4.11. The molecule has 0 aliphatic rings. The Morgan fingerprint density at radius 2 is 2.46 bits per heavy atom. The maximum atomic E-state index is 5.22. The van der Waals surface area contributed by atoms with Crippen molar-refractivity contribution >= 4 is 11.3 Å². The zero-order chi connectivity index (χ0) is 9.68. The van der Waals surface area contributed by atoms with Gasteiger partial charge in [0.1, 0.15) is 0 Å². The molecule has 1 aromatic heterocycles. The van der Waals surface area contributed by atoms with Crippen LogP contribution in [-0.4, -0.2) is 18.5 Å². The Labute approximate surface area is 84.4 Å². The van der Waals surface area contributed by atoms with E-state index in [9.17, 15) is 0 Å². The van der Waals surface area contributed by atoms with Gasteiger partial charge in [0.25, 0.3) is 0 Å². The molecule has 0 amide bonds. The van der Waals surface area contributed by atoms with Gasteiger partial charge in [-0.3, -0.25) is 4.90 Å². The number of nitrogens with zero attached hydrogens (tertiary/aromatic N) is 1. The van der Waals surface area contributed by atoms with Crippen LogP contribution in [0.5, 0.6) is 0 Å². The highest BCUT2D eigenvalue weighted by molar-refractivity contribution is 7.10. The van der Waals surface area contributed by atoms with Crippen LogP contribution in [0.2, 0.25) is 0 Å². The lowest BCUT2D eigenvalue weighted by atomic mass is 10.2. The summed E-state index contributed by atoms with van der Waals surface area (Å²) in [7, 11) is 2.11. The largest absolute Gasteiger partial charge is 0.298 e. The third-order valence-electron chi connectivity index (χ3n) is 2.22. The second kappa shape index (κ2) is 5.06. The Balaban J connectivity index is 2.48. The molecule has 2 heteroatoms. The van der Waals surface area contributed by atoms with Gasteiger partial charge in [0.05, 0.1) is 0 Å². The molecule has 1 heterocycles. The van der Waals surface area contributed by atoms with Crippen molar-refractivity contribution in [3.05, 3.63) is 22.4 Å². The molecule has 0 aromatic carbocycles. The number of terminal acetylenes is 1. The highest BCUT2D eigenvalue weighted by Gasteiger charge is 2.10. The van der Waals surface area contributed by atoms with Crippen molar-refractivity contribution in [2.75, 3.05) is 13.6 Å². The number of rotatable bonds is 4. The minimum Gasteiger partial charge on any atom is -0.298 e. The summed E-state index contributed by atoms with van der Waals surface area (Å²) in [6, 6.07) is 4.74. The normalized spacial score (nSPS) is 12.8. The van der Waals surface area contributed by atoms with E-state index in [2.05, 4.69) is 42.3 Å². The van der Waals surface area contributed by atoms with E-state index in [4.69, 9.17) is 6.42 Å². The van der Waals surface area contributed by atoms with Gasteiger partial charge >= 0.3 is 0 Å². The predicted molar refractivity (Wildman–Crippen MR) is 58.8 cm³/mol. The number of hydrogen-bond donors (Lipinski definition) is 0. The van der Waals surface area contributed by atoms with Crippen LogP contribution in [0.3, 0.4) is 0 Å². The molecule has 0 radical (unpaired) electrons. The van der Waals surface area contributed by atoms with Gasteiger partial charge < -0.3 is 0 Å². The zero-order valence-electron chi connectivity index (χ0n) is 8.16. The Morgan fingerprint density at radius 1 is 1.69 bits per heavy atom. The first kappa shape index (κ1) is 10.3. The smallest absolute Gasteiger partial charge is 0.0410 e. The van der Waals surface area contributed by atoms with Crippen LogP contribution < -0.4 is 0 Å². The van der Waals surface area contributed by atoms with Crippen LogP contribution in [0, 0.1) is 12.3 Å². The first-order chi connectivity index (χ1) is 6.25. The second-order valence-electron chi connectivity index (χ2n) is 3.13. The minimum absolute atomic E-state index is 0.480. The summed E-state index contributed by atoms with van der Waals surface area (Å²) in [5.41, 5.74) is 0. The molecule has 0 bridgehead atoms. The quantitative estimate of drug-likeness (QED) is 0.665. The zero-order valence-corrected chi connectivity index (χ0v) is 8.97. The summed E-state index contributed by atoms with van der Waals surface area (Å²) < 4.78 is 0. The van der Waals surface area contributed by atoms with Gasteiger partial charge in [0.15, 0.2) is 0 Å². The SMILES string of the molecule is C#CCCN(C)C(C)c1cccs1. The average molecular weight is 193 g/mol. The summed E-state index contributed by atoms with van der Waals surface area (Å²) in [5.74, 6) is 2.66. The lowest BCUT2D eigenvalue weighted by molar-refractivity contribution is 0.271. The standard InChI is InChI=1S/C11H15NS/c1-4-5-8-12(3)10(2)11-7-6-9-13-11/h1,6-7,9-10H,5,8H2,2-3H3. The molecule has 1 aromatic rings. The summed E-state index contributed by atoms with van der Waals surface area (Å²) in [6.45, 7) is 3.18. The molecule has 0 spiro atoms. The van der Waals surface area contributed by atoms with Crippen LogP contribution in [0.1, 0.15) is 24.3 Å². The van der Waals surface area contributed by atoms with Crippen molar-refractivity contribution in [2.24, 2.45) is 0 Å². The number of hydrogen-bond acceptors (Lipinski definition) is 2. The molecule has 0 aliphatic carbocycles. The summed E-state index contributed by atoms with van der Waals surface area (Å²) >= 11 is 1.80. The molecule has 0 saturated carbocycles. The molecule has 0 saturated heterocycles. The molecular formula is C11H15NS. The Bertz CT molecular complexity index is 271. The maximum absolute atomic E-state index is 5.22. The average Bonchev–Trinajstić information content (AvgIpc) is 2.65. The van der Waals surface area contributed by atoms with Gasteiger partial charge in [-0.15, -0.1) is 23.7 Å². The third kappa shape index (κ3) is 2.87.